The zero-order valence-corrected chi connectivity index (χ0v) is 11.2. The van der Waals surface area contributed by atoms with Crippen LogP contribution in [0.5, 0.6) is 0 Å². The van der Waals surface area contributed by atoms with E-state index in [9.17, 15) is 0 Å². The van der Waals surface area contributed by atoms with E-state index in [-0.39, 0.29) is 0 Å². The molecule has 0 radical (unpaired) electrons. The summed E-state index contributed by atoms with van der Waals surface area (Å²) in [6, 6.07) is 16.1. The summed E-state index contributed by atoms with van der Waals surface area (Å²) in [5.74, 6) is 0. The molecule has 0 bridgehead atoms. The molecule has 0 fully saturated rings. The van der Waals surface area contributed by atoms with Gasteiger partial charge in [0.1, 0.15) is 0 Å². The molecule has 2 aromatic rings. The fourth-order valence-electron chi connectivity index (χ4n) is 2.00. The summed E-state index contributed by atoms with van der Waals surface area (Å²) in [5, 5.41) is 3.37. The Kier molecular flexibility index (Phi) is 2.25. The van der Waals surface area contributed by atoms with Crippen molar-refractivity contribution in [2.45, 2.75) is 0 Å². The molecule has 1 heterocycles. The number of benzene rings is 2. The third-order valence-electron chi connectivity index (χ3n) is 2.78. The molecule has 16 heavy (non-hydrogen) atoms. The van der Waals surface area contributed by atoms with Gasteiger partial charge in [-0.1, -0.05) is 0 Å². The van der Waals surface area contributed by atoms with Gasteiger partial charge in [0, 0.05) is 0 Å². The molecule has 0 saturated heterocycles. The van der Waals surface area contributed by atoms with Crippen LogP contribution in [0.2, 0.25) is 0 Å². The van der Waals surface area contributed by atoms with Gasteiger partial charge >= 0.3 is 101 Å². The molecule has 1 aliphatic heterocycles. The van der Waals surface area contributed by atoms with Gasteiger partial charge in [-0.15, -0.1) is 0 Å². The van der Waals surface area contributed by atoms with Crippen molar-refractivity contribution in [2.24, 2.45) is 4.65 Å². The zero-order valence-electron chi connectivity index (χ0n) is 8.52. The normalized spacial score (nSPS) is 15.9. The number of hydrogen-bond acceptors (Lipinski definition) is 2. The quantitative estimate of drug-likeness (QED) is 0.723. The molecule has 80 valence electrons. The van der Waals surface area contributed by atoms with E-state index >= 15 is 0 Å². The molecule has 0 unspecified atom stereocenters. The van der Waals surface area contributed by atoms with Crippen LogP contribution in [0.1, 0.15) is 0 Å². The van der Waals surface area contributed by atoms with E-state index < -0.39 is 12.8 Å². The number of halogens is 1. The van der Waals surface area contributed by atoms with Gasteiger partial charge in [0.05, 0.1) is 0 Å². The number of para-hydroxylation sites is 2. The molecular weight excluding hydrogens is 283 g/mol. The second-order valence-electron chi connectivity index (χ2n) is 3.80. The van der Waals surface area contributed by atoms with E-state index in [0.717, 1.165) is 20.1 Å². The average molecular weight is 294 g/mol. The van der Waals surface area contributed by atoms with Gasteiger partial charge in [-0.3, -0.25) is 0 Å². The minimum atomic E-state index is -2.90. The van der Waals surface area contributed by atoms with Gasteiger partial charge in [0.2, 0.25) is 0 Å². The predicted octanol–water partition coefficient (Wildman–Crippen LogP) is 1.50. The Hall–Kier alpha value is -0.952. The molecule has 0 aromatic heterocycles. The standard InChI is InChI=1S/C12H11AsClN2/c14-13(15)9-5-1-3-7-11(9)16-12-8-4-2-6-10(12)13/h1-8,16H,15H2/q+1. The molecule has 0 aliphatic carbocycles. The predicted molar refractivity (Wildman–Crippen MR) is 71.2 cm³/mol. The van der Waals surface area contributed by atoms with Crippen molar-refractivity contribution in [1.82, 2.24) is 0 Å². The third kappa shape index (κ3) is 1.38. The summed E-state index contributed by atoms with van der Waals surface area (Å²) in [5.41, 5.74) is 2.09. The van der Waals surface area contributed by atoms with Crippen LogP contribution in [0, 0.1) is 0 Å². The van der Waals surface area contributed by atoms with Gasteiger partial charge < -0.3 is 0 Å². The number of anilines is 2. The summed E-state index contributed by atoms with van der Waals surface area (Å²) in [4.78, 5) is 0. The molecule has 2 aromatic carbocycles. The summed E-state index contributed by atoms with van der Waals surface area (Å²) in [6.45, 7) is 0. The summed E-state index contributed by atoms with van der Waals surface area (Å²) in [6.07, 6.45) is 0. The number of nitrogens with one attached hydrogen (secondary N) is 1. The van der Waals surface area contributed by atoms with Crippen LogP contribution in [-0.4, -0.2) is 12.8 Å². The van der Waals surface area contributed by atoms with Gasteiger partial charge in [-0.25, -0.2) is 0 Å². The average Bonchev–Trinajstić information content (AvgIpc) is 2.29. The first-order chi connectivity index (χ1) is 7.69. The van der Waals surface area contributed by atoms with Crippen LogP contribution in [-0.2, 0) is 0 Å². The molecule has 0 spiro atoms. The third-order valence-corrected chi connectivity index (χ3v) is 9.25. The summed E-state index contributed by atoms with van der Waals surface area (Å²) >= 11 is -2.90. The number of fused-ring (bicyclic) bond motifs is 2. The maximum atomic E-state index is 6.64. The fourth-order valence-corrected chi connectivity index (χ4v) is 7.37. The Bertz CT molecular complexity index is 507. The van der Waals surface area contributed by atoms with Gasteiger partial charge in [0.15, 0.2) is 0 Å². The zero-order chi connectivity index (χ0) is 11.2. The first-order valence-electron chi connectivity index (χ1n) is 5.03. The van der Waals surface area contributed by atoms with E-state index in [1.807, 2.05) is 48.5 Å². The van der Waals surface area contributed by atoms with Gasteiger partial charge in [0.25, 0.3) is 0 Å². The first kappa shape index (κ1) is 10.2. The van der Waals surface area contributed by atoms with E-state index in [1.54, 1.807) is 0 Å². The van der Waals surface area contributed by atoms with Crippen LogP contribution in [0.3, 0.4) is 0 Å². The first-order valence-corrected chi connectivity index (χ1v) is 10.5. The van der Waals surface area contributed by atoms with Crippen LogP contribution in [0.4, 0.5) is 11.4 Å². The van der Waals surface area contributed by atoms with Crippen molar-refractivity contribution >= 4 is 42.9 Å². The molecule has 0 atom stereocenters. The molecule has 0 saturated carbocycles. The Morgan fingerprint density at radius 1 is 0.875 bits per heavy atom. The second kappa shape index (κ2) is 3.53. The second-order valence-corrected chi connectivity index (χ2v) is 11.3. The van der Waals surface area contributed by atoms with E-state index in [0.29, 0.717) is 0 Å². The monoisotopic (exact) mass is 293 g/mol. The number of hydrogen-bond donors (Lipinski definition) is 2. The fraction of sp³-hybridized carbons (Fsp3) is 0. The van der Waals surface area contributed by atoms with E-state index in [1.165, 1.54) is 0 Å². The van der Waals surface area contributed by atoms with Crippen molar-refractivity contribution in [3.63, 3.8) is 0 Å². The summed E-state index contributed by atoms with van der Waals surface area (Å²) < 4.78 is 8.57. The molecule has 2 nitrogen and oxygen atoms in total. The van der Waals surface area contributed by atoms with Gasteiger partial charge in [-0.05, 0) is 0 Å². The van der Waals surface area contributed by atoms with Crippen molar-refractivity contribution < 1.29 is 0 Å². The van der Waals surface area contributed by atoms with Crippen LogP contribution >= 0.6 is 9.95 Å². The molecule has 3 rings (SSSR count). The molecule has 3 N–H and O–H groups in total. The van der Waals surface area contributed by atoms with Crippen LogP contribution < -0.4 is 18.7 Å². The Morgan fingerprint density at radius 2 is 1.31 bits per heavy atom. The van der Waals surface area contributed by atoms with Crippen molar-refractivity contribution in [2.75, 3.05) is 5.32 Å². The van der Waals surface area contributed by atoms with Crippen molar-refractivity contribution in [1.29, 1.82) is 0 Å². The Morgan fingerprint density at radius 3 is 1.81 bits per heavy atom. The van der Waals surface area contributed by atoms with Crippen molar-refractivity contribution in [3.05, 3.63) is 48.5 Å². The molecular formula is C12H11AsClN2+. The van der Waals surface area contributed by atoms with Crippen LogP contribution in [0.15, 0.2) is 48.5 Å². The minimum absolute atomic E-state index is 1.05. The summed E-state index contributed by atoms with van der Waals surface area (Å²) in [7, 11) is 6.64. The van der Waals surface area contributed by atoms with E-state index in [4.69, 9.17) is 14.6 Å². The van der Waals surface area contributed by atoms with Gasteiger partial charge in [-0.2, -0.15) is 0 Å². The number of rotatable bonds is 0. The van der Waals surface area contributed by atoms with Crippen LogP contribution in [0.25, 0.3) is 0 Å². The topological polar surface area (TPSA) is 38.0 Å². The Balaban J connectivity index is 2.28. The van der Waals surface area contributed by atoms with E-state index in [2.05, 4.69) is 5.32 Å². The molecule has 1 aliphatic rings. The molecule has 0 amide bonds. The Labute approximate surface area is 101 Å². The maximum absolute atomic E-state index is 6.64. The number of nitrogens with two attached hydrogens (primary N) is 1. The van der Waals surface area contributed by atoms with Crippen molar-refractivity contribution in [3.8, 4) is 0 Å². The SMILES string of the molecule is N[As+]1(Cl)c2ccccc2Nc2ccccc21. The molecule has 4 heteroatoms.